The molecule has 2 heterocycles. The monoisotopic (exact) mass is 543 g/mol. The largest absolute Gasteiger partial charge is 0.573 e. The molecule has 206 valence electrons. The summed E-state index contributed by atoms with van der Waals surface area (Å²) in [5.41, 5.74) is 1.22. The Morgan fingerprint density at radius 2 is 1.85 bits per heavy atom. The summed E-state index contributed by atoms with van der Waals surface area (Å²) in [5, 5.41) is 2.89. The summed E-state index contributed by atoms with van der Waals surface area (Å²) >= 11 is 0. The smallest absolute Gasteiger partial charge is 0.406 e. The van der Waals surface area contributed by atoms with Gasteiger partial charge < -0.3 is 24.3 Å². The molecule has 2 amide bonds. The number of hydrogen-bond donors (Lipinski definition) is 1. The van der Waals surface area contributed by atoms with Crippen LogP contribution in [0.15, 0.2) is 67.1 Å². The number of likely N-dealkylation sites (tertiary alicyclic amines) is 1. The summed E-state index contributed by atoms with van der Waals surface area (Å²) in [4.78, 5) is 33.1. The lowest BCUT2D eigenvalue weighted by Gasteiger charge is -2.24. The summed E-state index contributed by atoms with van der Waals surface area (Å²) in [6.07, 6.45) is -2.40. The van der Waals surface area contributed by atoms with Crippen molar-refractivity contribution in [3.63, 3.8) is 0 Å². The number of aromatic nitrogens is 2. The first-order valence-electron chi connectivity index (χ1n) is 12.5. The number of anilines is 1. The van der Waals surface area contributed by atoms with Gasteiger partial charge in [0.05, 0.1) is 19.1 Å². The van der Waals surface area contributed by atoms with Crippen LogP contribution < -0.4 is 14.8 Å². The molecule has 12 heteroatoms. The van der Waals surface area contributed by atoms with Gasteiger partial charge in [0.2, 0.25) is 11.8 Å². The lowest BCUT2D eigenvalue weighted by Crippen LogP contribution is -2.38. The van der Waals surface area contributed by atoms with E-state index in [-0.39, 0.29) is 36.5 Å². The molecule has 39 heavy (non-hydrogen) atoms. The average molecular weight is 544 g/mol. The van der Waals surface area contributed by atoms with E-state index in [1.165, 1.54) is 29.4 Å². The van der Waals surface area contributed by atoms with Crippen LogP contribution in [-0.4, -0.2) is 63.9 Å². The number of imidazole rings is 1. The van der Waals surface area contributed by atoms with Crippen LogP contribution in [0.2, 0.25) is 0 Å². The third-order valence-electron chi connectivity index (χ3n) is 6.94. The van der Waals surface area contributed by atoms with Crippen molar-refractivity contribution in [1.29, 1.82) is 0 Å². The van der Waals surface area contributed by atoms with E-state index in [2.05, 4.69) is 19.9 Å². The van der Waals surface area contributed by atoms with Crippen molar-refractivity contribution in [2.45, 2.75) is 12.9 Å². The Bertz CT molecular complexity index is 1300. The molecule has 2 aliphatic rings. The van der Waals surface area contributed by atoms with Gasteiger partial charge >= 0.3 is 12.5 Å². The SMILES string of the molecule is Cn1cnc(OC(=O)N(Cc2cccc(OC(F)(F)F)c2)CC2C3CN(CC(=O)Nc4ccccc4)CC32)c1. The van der Waals surface area contributed by atoms with Gasteiger partial charge in [0.1, 0.15) is 5.75 Å². The Morgan fingerprint density at radius 3 is 2.51 bits per heavy atom. The van der Waals surface area contributed by atoms with Crippen molar-refractivity contribution in [2.24, 2.45) is 24.8 Å². The minimum atomic E-state index is -4.81. The number of carbonyl (C=O) groups is 2. The summed E-state index contributed by atoms with van der Waals surface area (Å²) in [7, 11) is 1.74. The standard InChI is InChI=1S/C27H28F3N5O4/c1-33-16-25(31-17-33)38-26(37)35(11-18-6-5-9-20(10-18)39-27(28,29)30)14-23-21-12-34(13-22(21)23)15-24(36)32-19-7-3-2-4-8-19/h2-10,16-17,21-23H,11-15H2,1H3,(H,32,36). The average Bonchev–Trinajstić information content (AvgIpc) is 3.16. The fourth-order valence-corrected chi connectivity index (χ4v) is 5.18. The fourth-order valence-electron chi connectivity index (χ4n) is 5.18. The van der Waals surface area contributed by atoms with Crippen molar-refractivity contribution in [1.82, 2.24) is 19.4 Å². The highest BCUT2D eigenvalue weighted by Crippen LogP contribution is 2.52. The van der Waals surface area contributed by atoms with Crippen LogP contribution in [0, 0.1) is 17.8 Å². The molecule has 1 N–H and O–H groups in total. The van der Waals surface area contributed by atoms with Gasteiger partial charge in [-0.1, -0.05) is 30.3 Å². The van der Waals surface area contributed by atoms with Gasteiger partial charge in [0, 0.05) is 38.9 Å². The predicted octanol–water partition coefficient (Wildman–Crippen LogP) is 4.14. The van der Waals surface area contributed by atoms with Gasteiger partial charge in [-0.2, -0.15) is 0 Å². The third-order valence-corrected chi connectivity index (χ3v) is 6.94. The quantitative estimate of drug-likeness (QED) is 0.437. The summed E-state index contributed by atoms with van der Waals surface area (Å²) < 4.78 is 49.2. The lowest BCUT2D eigenvalue weighted by molar-refractivity contribution is -0.274. The zero-order chi connectivity index (χ0) is 27.6. The van der Waals surface area contributed by atoms with Crippen molar-refractivity contribution >= 4 is 17.7 Å². The van der Waals surface area contributed by atoms with Gasteiger partial charge in [-0.3, -0.25) is 9.69 Å². The number of carbonyl (C=O) groups excluding carboxylic acids is 2. The van der Waals surface area contributed by atoms with Gasteiger partial charge in [-0.05, 0) is 47.6 Å². The molecule has 2 aromatic carbocycles. The van der Waals surface area contributed by atoms with E-state index in [0.717, 1.165) is 18.8 Å². The van der Waals surface area contributed by atoms with Gasteiger partial charge in [0.25, 0.3) is 0 Å². The molecule has 1 saturated carbocycles. The number of alkyl halides is 3. The molecule has 1 saturated heterocycles. The van der Waals surface area contributed by atoms with Crippen LogP contribution in [-0.2, 0) is 18.4 Å². The Labute approximate surface area is 223 Å². The molecule has 0 spiro atoms. The van der Waals surface area contributed by atoms with E-state index >= 15 is 0 Å². The van der Waals surface area contributed by atoms with E-state index in [4.69, 9.17) is 4.74 Å². The maximum absolute atomic E-state index is 13.1. The maximum Gasteiger partial charge on any atom is 0.573 e. The first-order valence-corrected chi connectivity index (χ1v) is 12.5. The normalized spacial score (nSPS) is 20.3. The fraction of sp³-hybridized carbons (Fsp3) is 0.370. The number of halogens is 3. The van der Waals surface area contributed by atoms with E-state index in [0.29, 0.717) is 23.9 Å². The second-order valence-electron chi connectivity index (χ2n) is 9.92. The van der Waals surface area contributed by atoms with Gasteiger partial charge in [-0.25, -0.2) is 9.78 Å². The molecule has 2 fully saturated rings. The number of rotatable bonds is 9. The number of piperidine rings is 1. The van der Waals surface area contributed by atoms with Gasteiger partial charge in [0.15, 0.2) is 0 Å². The molecular weight excluding hydrogens is 515 g/mol. The first-order chi connectivity index (χ1) is 18.6. The van der Waals surface area contributed by atoms with Gasteiger partial charge in [-0.15, -0.1) is 13.2 Å². The number of amides is 2. The first kappa shape index (κ1) is 26.5. The van der Waals surface area contributed by atoms with Crippen molar-refractivity contribution in [3.05, 3.63) is 72.7 Å². The highest BCUT2D eigenvalue weighted by molar-refractivity contribution is 5.92. The molecule has 0 bridgehead atoms. The zero-order valence-electron chi connectivity index (χ0n) is 21.2. The maximum atomic E-state index is 13.1. The Hall–Kier alpha value is -4.06. The van der Waals surface area contributed by atoms with E-state index < -0.39 is 12.5 Å². The molecular formula is C27H28F3N5O4. The molecule has 3 aromatic rings. The van der Waals surface area contributed by atoms with E-state index in [9.17, 15) is 22.8 Å². The third kappa shape index (κ3) is 7.08. The minimum Gasteiger partial charge on any atom is -0.406 e. The number of aryl methyl sites for hydroxylation is 1. The van der Waals surface area contributed by atoms with Crippen molar-refractivity contribution < 1.29 is 32.2 Å². The number of nitrogens with one attached hydrogen (secondary N) is 1. The second kappa shape index (κ2) is 11.0. The molecule has 1 aromatic heterocycles. The lowest BCUT2D eigenvalue weighted by atomic mass is 10.2. The highest BCUT2D eigenvalue weighted by Gasteiger charge is 2.56. The van der Waals surface area contributed by atoms with Crippen LogP contribution in [0.25, 0.3) is 0 Å². The number of hydrogen-bond acceptors (Lipinski definition) is 6. The molecule has 0 radical (unpaired) electrons. The van der Waals surface area contributed by atoms with Crippen LogP contribution in [0.4, 0.5) is 23.7 Å². The predicted molar refractivity (Wildman–Crippen MR) is 135 cm³/mol. The number of para-hydroxylation sites is 1. The summed E-state index contributed by atoms with van der Waals surface area (Å²) in [6, 6.07) is 14.8. The summed E-state index contributed by atoms with van der Waals surface area (Å²) in [6.45, 7) is 2.16. The van der Waals surface area contributed by atoms with Crippen LogP contribution in [0.5, 0.6) is 11.6 Å². The van der Waals surface area contributed by atoms with Crippen LogP contribution in [0.1, 0.15) is 5.56 Å². The molecule has 2 atom stereocenters. The highest BCUT2D eigenvalue weighted by atomic mass is 19.4. The Morgan fingerprint density at radius 1 is 1.10 bits per heavy atom. The van der Waals surface area contributed by atoms with Crippen LogP contribution in [0.3, 0.4) is 0 Å². The topological polar surface area (TPSA) is 88.9 Å². The number of benzene rings is 2. The molecule has 1 aliphatic heterocycles. The number of fused-ring (bicyclic) bond motifs is 1. The zero-order valence-corrected chi connectivity index (χ0v) is 21.2. The number of ether oxygens (including phenoxy) is 2. The minimum absolute atomic E-state index is 0.0415. The Kier molecular flexibility index (Phi) is 7.47. The molecule has 2 unspecified atom stereocenters. The summed E-state index contributed by atoms with van der Waals surface area (Å²) in [5.74, 6) is 0.531. The Balaban J connectivity index is 1.20. The molecule has 5 rings (SSSR count). The van der Waals surface area contributed by atoms with Crippen molar-refractivity contribution in [3.8, 4) is 11.6 Å². The van der Waals surface area contributed by atoms with Crippen LogP contribution >= 0.6 is 0 Å². The van der Waals surface area contributed by atoms with Crippen molar-refractivity contribution in [2.75, 3.05) is 31.5 Å². The second-order valence-corrected chi connectivity index (χ2v) is 9.92. The molecule has 1 aliphatic carbocycles. The number of nitrogens with zero attached hydrogens (tertiary/aromatic N) is 4. The van der Waals surface area contributed by atoms with E-state index in [1.807, 2.05) is 30.3 Å². The molecule has 9 nitrogen and oxygen atoms in total. The van der Waals surface area contributed by atoms with E-state index in [1.54, 1.807) is 23.9 Å².